The molecule has 7 heteroatoms. The molecule has 5 rings (SSSR count). The maximum Gasteiger partial charge on any atom is 0.234 e. The number of hydrogen-bond donors (Lipinski definition) is 1. The van der Waals surface area contributed by atoms with Crippen LogP contribution in [-0.4, -0.2) is 53.2 Å². The third-order valence-electron chi connectivity index (χ3n) is 5.80. The first-order valence-corrected chi connectivity index (χ1v) is 14.2. The first-order valence-electron chi connectivity index (χ1n) is 10.0. The zero-order valence-corrected chi connectivity index (χ0v) is 19.2. The Bertz CT molecular complexity index is 1170. The van der Waals surface area contributed by atoms with Gasteiger partial charge in [0, 0.05) is 41.8 Å². The van der Waals surface area contributed by atoms with Crippen LogP contribution < -0.4 is 5.32 Å². The molecule has 2 aromatic carbocycles. The fraction of sp³-hybridized carbons (Fsp3) is 0.261. The molecule has 1 N–H and O–H groups in total. The molecule has 0 bridgehead atoms. The zero-order valence-electron chi connectivity index (χ0n) is 16.8. The second-order valence-electron chi connectivity index (χ2n) is 8.02. The highest BCUT2D eigenvalue weighted by Gasteiger charge is 2.42. The number of nitrogens with one attached hydrogen (secondary N) is 1. The Morgan fingerprint density at radius 2 is 1.43 bits per heavy atom. The van der Waals surface area contributed by atoms with Crippen LogP contribution in [0.25, 0.3) is 20.2 Å². The minimum absolute atomic E-state index is 0.0223. The molecular weight excluding hydrogens is 432 g/mol. The molecular formula is C23H24N2O2S3. The van der Waals surface area contributed by atoms with Gasteiger partial charge >= 0.3 is 0 Å². The van der Waals surface area contributed by atoms with Gasteiger partial charge in [-0.25, -0.2) is 0 Å². The Kier molecular flexibility index (Phi) is 4.82. The fourth-order valence-corrected chi connectivity index (χ4v) is 11.0. The number of hydrogen-bond acceptors (Lipinski definition) is 5. The van der Waals surface area contributed by atoms with Crippen LogP contribution in [-0.2, 0) is 13.9 Å². The Morgan fingerprint density at radius 1 is 0.933 bits per heavy atom. The molecule has 30 heavy (non-hydrogen) atoms. The summed E-state index contributed by atoms with van der Waals surface area (Å²) in [6.07, 6.45) is 1.83. The summed E-state index contributed by atoms with van der Waals surface area (Å²) >= 11 is 3.11. The molecule has 0 spiro atoms. The molecule has 0 saturated carbocycles. The summed E-state index contributed by atoms with van der Waals surface area (Å²) in [5.41, 5.74) is 0. The van der Waals surface area contributed by atoms with Crippen LogP contribution in [0.2, 0.25) is 0 Å². The van der Waals surface area contributed by atoms with Crippen molar-refractivity contribution in [2.24, 2.45) is 0 Å². The van der Waals surface area contributed by atoms with Crippen molar-refractivity contribution >= 4 is 57.8 Å². The minimum Gasteiger partial charge on any atom is -0.339 e. The van der Waals surface area contributed by atoms with E-state index in [1.165, 1.54) is 0 Å². The van der Waals surface area contributed by atoms with Crippen molar-refractivity contribution in [1.82, 2.24) is 10.2 Å². The van der Waals surface area contributed by atoms with Gasteiger partial charge in [0.1, 0.15) is 0 Å². The van der Waals surface area contributed by atoms with Gasteiger partial charge in [-0.1, -0.05) is 36.4 Å². The van der Waals surface area contributed by atoms with E-state index >= 15 is 4.21 Å². The average molecular weight is 457 g/mol. The Hall–Kier alpha value is -2.06. The Morgan fingerprint density at radius 3 is 1.93 bits per heavy atom. The van der Waals surface area contributed by atoms with E-state index < -0.39 is 9.07 Å². The lowest BCUT2D eigenvalue weighted by molar-refractivity contribution is -0.129. The van der Waals surface area contributed by atoms with Crippen molar-refractivity contribution in [2.75, 3.05) is 38.2 Å². The summed E-state index contributed by atoms with van der Waals surface area (Å²) in [4.78, 5) is 15.2. The van der Waals surface area contributed by atoms with Crippen LogP contribution in [0, 0.1) is 0 Å². The second kappa shape index (κ2) is 7.27. The molecule has 1 fully saturated rings. The largest absolute Gasteiger partial charge is 0.339 e. The quantitative estimate of drug-likeness (QED) is 0.495. The predicted octanol–water partition coefficient (Wildman–Crippen LogP) is 4.42. The van der Waals surface area contributed by atoms with Crippen LogP contribution in [0.15, 0.2) is 69.1 Å². The molecule has 4 aromatic rings. The normalized spacial score (nSPS) is 16.6. The molecule has 156 valence electrons. The number of rotatable bonds is 4. The van der Waals surface area contributed by atoms with E-state index in [9.17, 15) is 4.79 Å². The lowest BCUT2D eigenvalue weighted by atomic mass is 10.3. The third kappa shape index (κ3) is 3.30. The number of fused-ring (bicyclic) bond motifs is 2. The van der Waals surface area contributed by atoms with E-state index in [0.29, 0.717) is 13.1 Å². The summed E-state index contributed by atoms with van der Waals surface area (Å²) in [5, 5.41) is 5.44. The summed E-state index contributed by atoms with van der Waals surface area (Å²) in [7, 11) is -3.63. The lowest BCUT2D eigenvalue weighted by Gasteiger charge is -2.38. The molecule has 1 saturated heterocycles. The maximum absolute atomic E-state index is 15.1. The van der Waals surface area contributed by atoms with Gasteiger partial charge in [-0.15, -0.1) is 22.7 Å². The summed E-state index contributed by atoms with van der Waals surface area (Å²) < 4.78 is 19.0. The van der Waals surface area contributed by atoms with E-state index in [1.807, 2.05) is 59.7 Å². The van der Waals surface area contributed by atoms with Gasteiger partial charge in [-0.05, 0) is 44.1 Å². The number of amides is 1. The van der Waals surface area contributed by atoms with Crippen molar-refractivity contribution in [3.63, 3.8) is 0 Å². The molecule has 3 heterocycles. The molecule has 2 aromatic heterocycles. The average Bonchev–Trinajstić information content (AvgIpc) is 3.40. The van der Waals surface area contributed by atoms with Crippen LogP contribution in [0.5, 0.6) is 0 Å². The van der Waals surface area contributed by atoms with Gasteiger partial charge in [0.2, 0.25) is 5.91 Å². The van der Waals surface area contributed by atoms with Gasteiger partial charge in [0.05, 0.1) is 14.2 Å². The molecule has 4 nitrogen and oxygen atoms in total. The number of carbonyl (C=O) groups excluding carboxylic acids is 1. The van der Waals surface area contributed by atoms with E-state index in [-0.39, 0.29) is 11.7 Å². The summed E-state index contributed by atoms with van der Waals surface area (Å²) in [6, 6.07) is 20.3. The van der Waals surface area contributed by atoms with Crippen LogP contribution in [0.1, 0.15) is 0 Å². The number of carbonyl (C=O) groups is 1. The molecule has 0 unspecified atom stereocenters. The molecule has 0 radical (unpaired) electrons. The van der Waals surface area contributed by atoms with Gasteiger partial charge < -0.3 is 10.2 Å². The van der Waals surface area contributed by atoms with Crippen LogP contribution in [0.4, 0.5) is 0 Å². The highest BCUT2D eigenvalue weighted by atomic mass is 32.3. The van der Waals surface area contributed by atoms with E-state index in [1.54, 1.807) is 22.7 Å². The van der Waals surface area contributed by atoms with E-state index in [4.69, 9.17) is 0 Å². The topological polar surface area (TPSA) is 49.4 Å². The summed E-state index contributed by atoms with van der Waals surface area (Å²) in [6.45, 7) is 2.91. The van der Waals surface area contributed by atoms with Gasteiger partial charge in [0.15, 0.2) is 0 Å². The van der Waals surface area contributed by atoms with Crippen molar-refractivity contribution in [3.05, 3.63) is 60.7 Å². The molecule has 1 aliphatic rings. The number of piperazine rings is 1. The second-order valence-corrected chi connectivity index (χ2v) is 15.0. The molecule has 1 amide bonds. The highest BCUT2D eigenvalue weighted by molar-refractivity contribution is 8.22. The van der Waals surface area contributed by atoms with Crippen molar-refractivity contribution in [1.29, 1.82) is 0 Å². The Labute approximate surface area is 183 Å². The molecule has 0 atom stereocenters. The van der Waals surface area contributed by atoms with Gasteiger partial charge in [-0.2, -0.15) is 0 Å². The fourth-order valence-electron chi connectivity index (χ4n) is 3.99. The minimum atomic E-state index is -3.63. The van der Waals surface area contributed by atoms with E-state index in [2.05, 4.69) is 17.4 Å². The lowest BCUT2D eigenvalue weighted by Crippen LogP contribution is -2.51. The predicted molar refractivity (Wildman–Crippen MR) is 129 cm³/mol. The smallest absolute Gasteiger partial charge is 0.234 e. The van der Waals surface area contributed by atoms with Crippen molar-refractivity contribution in [3.8, 4) is 0 Å². The number of benzene rings is 2. The number of nitrogens with zero attached hydrogens (tertiary/aromatic N) is 1. The highest BCUT2D eigenvalue weighted by Crippen LogP contribution is 2.50. The van der Waals surface area contributed by atoms with Crippen LogP contribution >= 0.6 is 22.7 Å². The first-order chi connectivity index (χ1) is 14.4. The third-order valence-corrected chi connectivity index (χ3v) is 14.0. The standard InChI is InChI=1S/C23H24N2O2S3/c1-30(27,16-21(26)25-12-10-24-11-13-25,22-14-17-6-2-4-8-19(17)28-22)23-15-18-7-3-5-9-20(18)29-23/h2-9,14-15,24H,10-13,16H2,1H3. The van der Waals surface area contributed by atoms with Crippen molar-refractivity contribution < 1.29 is 9.00 Å². The van der Waals surface area contributed by atoms with Gasteiger partial charge in [-0.3, -0.25) is 9.00 Å². The van der Waals surface area contributed by atoms with Crippen molar-refractivity contribution in [2.45, 2.75) is 8.42 Å². The first kappa shape index (κ1) is 19.9. The molecule has 1 aliphatic heterocycles. The van der Waals surface area contributed by atoms with E-state index in [0.717, 1.165) is 41.7 Å². The zero-order chi connectivity index (χ0) is 20.8. The SMILES string of the molecule is CS(=O)(CC(=O)N1CCNCC1)(c1cc2ccccc2s1)c1cc2ccccc2s1. The number of thiophene rings is 2. The van der Waals surface area contributed by atoms with Crippen LogP contribution in [0.3, 0.4) is 0 Å². The Balaban J connectivity index is 1.67. The van der Waals surface area contributed by atoms with Gasteiger partial charge in [0.25, 0.3) is 0 Å². The molecule has 0 aliphatic carbocycles. The summed E-state index contributed by atoms with van der Waals surface area (Å²) in [5.74, 6) is 0.00234. The monoisotopic (exact) mass is 456 g/mol. The maximum atomic E-state index is 15.1.